The summed E-state index contributed by atoms with van der Waals surface area (Å²) in [6.07, 6.45) is 8.22. The second kappa shape index (κ2) is 19.1. The first-order chi connectivity index (χ1) is 18.7. The summed E-state index contributed by atoms with van der Waals surface area (Å²) in [5, 5.41) is 29.2. The molecule has 0 atom stereocenters. The number of nitrogens with zero attached hydrogens (tertiary/aromatic N) is 1. The first-order valence-corrected chi connectivity index (χ1v) is 13.0. The molecule has 0 saturated heterocycles. The van der Waals surface area contributed by atoms with Crippen LogP contribution in [0.15, 0.2) is 71.4 Å². The van der Waals surface area contributed by atoms with Crippen molar-refractivity contribution in [2.75, 3.05) is 7.05 Å². The SMILES string of the molecule is CCC(=O)NC1CCCCC1.CN=C(/C=C(\C)OCc1cccc(C(=O)O)c1)C(=O)O.OCc1ccccc1. The number of aliphatic hydroxyl groups is 1. The van der Waals surface area contributed by atoms with Gasteiger partial charge >= 0.3 is 11.9 Å². The number of aromatic carboxylic acids is 1. The lowest BCUT2D eigenvalue weighted by Gasteiger charge is -2.22. The van der Waals surface area contributed by atoms with Crippen LogP contribution in [0, 0.1) is 0 Å². The zero-order valence-electron chi connectivity index (χ0n) is 22.9. The lowest BCUT2D eigenvalue weighted by Crippen LogP contribution is -2.35. The van der Waals surface area contributed by atoms with Gasteiger partial charge in [0, 0.05) is 25.6 Å². The highest BCUT2D eigenvalue weighted by Crippen LogP contribution is 2.17. The topological polar surface area (TPSA) is 146 Å². The van der Waals surface area contributed by atoms with Crippen molar-refractivity contribution >= 4 is 23.6 Å². The number of allylic oxidation sites excluding steroid dienone is 1. The van der Waals surface area contributed by atoms with E-state index in [2.05, 4.69) is 10.3 Å². The summed E-state index contributed by atoms with van der Waals surface area (Å²) in [5.74, 6) is -1.56. The molecule has 9 nitrogen and oxygen atoms in total. The Bertz CT molecular complexity index is 1090. The van der Waals surface area contributed by atoms with E-state index in [1.54, 1.807) is 19.1 Å². The largest absolute Gasteiger partial charge is 0.493 e. The number of rotatable bonds is 9. The number of hydrogen-bond acceptors (Lipinski definition) is 6. The van der Waals surface area contributed by atoms with Crippen LogP contribution in [0.4, 0.5) is 0 Å². The number of ether oxygens (including phenoxy) is 1. The smallest absolute Gasteiger partial charge is 0.354 e. The molecule has 2 aromatic rings. The van der Waals surface area contributed by atoms with Gasteiger partial charge in [-0.1, -0.05) is 68.7 Å². The van der Waals surface area contributed by atoms with Gasteiger partial charge in [0.1, 0.15) is 12.3 Å². The number of nitrogens with one attached hydrogen (secondary N) is 1. The summed E-state index contributed by atoms with van der Waals surface area (Å²) in [6, 6.07) is 16.3. The van der Waals surface area contributed by atoms with E-state index in [1.165, 1.54) is 57.4 Å². The third-order valence-electron chi connectivity index (χ3n) is 5.76. The Morgan fingerprint density at radius 1 is 1.00 bits per heavy atom. The maximum absolute atomic E-state index is 11.0. The molecule has 0 bridgehead atoms. The van der Waals surface area contributed by atoms with Gasteiger partial charge in [-0.05, 0) is 43.0 Å². The fourth-order valence-electron chi connectivity index (χ4n) is 3.61. The zero-order valence-corrected chi connectivity index (χ0v) is 22.9. The van der Waals surface area contributed by atoms with Crippen molar-refractivity contribution in [3.63, 3.8) is 0 Å². The third kappa shape index (κ3) is 14.5. The van der Waals surface area contributed by atoms with Crippen molar-refractivity contribution in [1.82, 2.24) is 5.32 Å². The van der Waals surface area contributed by atoms with Crippen LogP contribution < -0.4 is 5.32 Å². The van der Waals surface area contributed by atoms with Gasteiger partial charge < -0.3 is 25.4 Å². The fraction of sp³-hybridized carbons (Fsp3) is 0.400. The Labute approximate surface area is 230 Å². The molecule has 1 saturated carbocycles. The van der Waals surface area contributed by atoms with Crippen molar-refractivity contribution in [1.29, 1.82) is 0 Å². The molecule has 0 aliphatic heterocycles. The second-order valence-corrected chi connectivity index (χ2v) is 8.86. The summed E-state index contributed by atoms with van der Waals surface area (Å²) in [6.45, 7) is 3.80. The number of benzene rings is 2. The summed E-state index contributed by atoms with van der Waals surface area (Å²) >= 11 is 0. The van der Waals surface area contributed by atoms with Crippen molar-refractivity contribution < 1.29 is 34.4 Å². The minimum atomic E-state index is -1.14. The Morgan fingerprint density at radius 2 is 1.64 bits per heavy atom. The number of amides is 1. The fourth-order valence-corrected chi connectivity index (χ4v) is 3.61. The quantitative estimate of drug-likeness (QED) is 0.259. The van der Waals surface area contributed by atoms with Crippen LogP contribution in [0.2, 0.25) is 0 Å². The van der Waals surface area contributed by atoms with Gasteiger partial charge in [0.25, 0.3) is 0 Å². The Balaban J connectivity index is 0.000000332. The predicted octanol–water partition coefficient (Wildman–Crippen LogP) is 4.98. The normalized spacial score (nSPS) is 13.6. The maximum atomic E-state index is 11.0. The van der Waals surface area contributed by atoms with Crippen LogP contribution in [0.3, 0.4) is 0 Å². The van der Waals surface area contributed by atoms with Crippen molar-refractivity contribution in [3.05, 3.63) is 83.1 Å². The van der Waals surface area contributed by atoms with Gasteiger partial charge in [-0.15, -0.1) is 0 Å². The molecular weight excluding hydrogens is 500 g/mol. The summed E-state index contributed by atoms with van der Waals surface area (Å²) in [4.78, 5) is 36.2. The van der Waals surface area contributed by atoms with Gasteiger partial charge in [0.15, 0.2) is 0 Å². The van der Waals surface area contributed by atoms with Gasteiger partial charge in [0.05, 0.1) is 17.9 Å². The molecule has 0 aromatic heterocycles. The Morgan fingerprint density at radius 3 is 2.15 bits per heavy atom. The number of carbonyl (C=O) groups excluding carboxylic acids is 1. The lowest BCUT2D eigenvalue weighted by molar-refractivity contribution is -0.129. The van der Waals surface area contributed by atoms with E-state index in [4.69, 9.17) is 20.1 Å². The molecule has 4 N–H and O–H groups in total. The highest BCUT2D eigenvalue weighted by atomic mass is 16.5. The number of aliphatic imine (C=N–C) groups is 1. The first kappa shape index (κ1) is 33.0. The van der Waals surface area contributed by atoms with Crippen LogP contribution >= 0.6 is 0 Å². The molecule has 1 aliphatic carbocycles. The van der Waals surface area contributed by atoms with E-state index in [-0.39, 0.29) is 30.4 Å². The molecule has 1 amide bonds. The summed E-state index contributed by atoms with van der Waals surface area (Å²) in [5.41, 5.74) is 1.71. The van der Waals surface area contributed by atoms with Crippen LogP contribution in [-0.4, -0.2) is 52.0 Å². The van der Waals surface area contributed by atoms with E-state index in [9.17, 15) is 14.4 Å². The van der Waals surface area contributed by atoms with E-state index < -0.39 is 11.9 Å². The highest BCUT2D eigenvalue weighted by Gasteiger charge is 2.14. The standard InChI is InChI=1S/C14H15NO5.C9H17NO.C7H8O/c1-9(6-12(15-2)14(18)19)20-8-10-4-3-5-11(7-10)13(16)17;1-2-9(11)10-8-6-4-3-5-7-8;8-6-7-4-2-1-3-5-7/h3-7H,8H2,1-2H3,(H,16,17)(H,18,19);8H,2-7H2,1H3,(H,10,11);1-5,8H,6H2/b9-6+,15-12?;;. The van der Waals surface area contributed by atoms with Crippen LogP contribution in [0.5, 0.6) is 0 Å². The van der Waals surface area contributed by atoms with Gasteiger partial charge in [-0.2, -0.15) is 0 Å². The van der Waals surface area contributed by atoms with E-state index in [0.29, 0.717) is 23.8 Å². The van der Waals surface area contributed by atoms with Crippen molar-refractivity contribution in [3.8, 4) is 0 Å². The number of carboxylic acid groups (broad SMARTS) is 2. The van der Waals surface area contributed by atoms with Crippen molar-refractivity contribution in [2.24, 2.45) is 4.99 Å². The molecule has 2 aromatic carbocycles. The summed E-state index contributed by atoms with van der Waals surface area (Å²) < 4.78 is 5.37. The van der Waals surface area contributed by atoms with Crippen LogP contribution in [-0.2, 0) is 27.5 Å². The van der Waals surface area contributed by atoms with Gasteiger partial charge in [-0.3, -0.25) is 9.79 Å². The number of aliphatic carboxylic acids is 1. The molecular formula is C30H40N2O7. The van der Waals surface area contributed by atoms with Crippen LogP contribution in [0.25, 0.3) is 0 Å². The van der Waals surface area contributed by atoms with Crippen LogP contribution in [0.1, 0.15) is 73.9 Å². The second-order valence-electron chi connectivity index (χ2n) is 8.86. The van der Waals surface area contributed by atoms with E-state index in [1.807, 2.05) is 37.3 Å². The molecule has 1 aliphatic rings. The molecule has 0 unspecified atom stereocenters. The maximum Gasteiger partial charge on any atom is 0.354 e. The molecule has 9 heteroatoms. The number of carbonyl (C=O) groups is 3. The van der Waals surface area contributed by atoms with E-state index >= 15 is 0 Å². The predicted molar refractivity (Wildman–Crippen MR) is 151 cm³/mol. The highest BCUT2D eigenvalue weighted by molar-refractivity contribution is 6.40. The Hall–Kier alpha value is -3.98. The summed E-state index contributed by atoms with van der Waals surface area (Å²) in [7, 11) is 1.38. The molecule has 0 radical (unpaired) electrons. The average molecular weight is 541 g/mol. The molecule has 0 heterocycles. The number of hydrogen-bond donors (Lipinski definition) is 4. The molecule has 212 valence electrons. The third-order valence-corrected chi connectivity index (χ3v) is 5.76. The Kier molecular flexibility index (Phi) is 16.2. The molecule has 39 heavy (non-hydrogen) atoms. The van der Waals surface area contributed by atoms with E-state index in [0.717, 1.165) is 5.56 Å². The minimum Gasteiger partial charge on any atom is -0.493 e. The monoisotopic (exact) mass is 540 g/mol. The van der Waals surface area contributed by atoms with Gasteiger partial charge in [0.2, 0.25) is 5.91 Å². The molecule has 0 spiro atoms. The lowest BCUT2D eigenvalue weighted by atomic mass is 9.95. The molecule has 1 fully saturated rings. The molecule has 3 rings (SSSR count). The minimum absolute atomic E-state index is 0.109. The number of aliphatic hydroxyl groups excluding tert-OH is 1. The van der Waals surface area contributed by atoms with Gasteiger partial charge in [-0.25, -0.2) is 9.59 Å². The van der Waals surface area contributed by atoms with Crippen molar-refractivity contribution in [2.45, 2.75) is 71.6 Å². The first-order valence-electron chi connectivity index (χ1n) is 13.0. The zero-order chi connectivity index (χ0) is 29.0. The average Bonchev–Trinajstić information content (AvgIpc) is 2.96. The number of carboxylic acids is 2.